The molecular formula is C20H18N2O3S. The van der Waals surface area contributed by atoms with Crippen LogP contribution in [0.1, 0.15) is 27.0 Å². The number of hydrogen-bond donors (Lipinski definition) is 1. The van der Waals surface area contributed by atoms with Gasteiger partial charge in [-0.15, -0.1) is 11.3 Å². The van der Waals surface area contributed by atoms with Crippen molar-refractivity contribution in [2.45, 2.75) is 12.5 Å². The van der Waals surface area contributed by atoms with Crippen LogP contribution < -0.4 is 5.32 Å². The third kappa shape index (κ3) is 4.77. The number of carbonyl (C=O) groups is 2. The number of aromatic nitrogens is 1. The first-order valence-electron chi connectivity index (χ1n) is 8.21. The van der Waals surface area contributed by atoms with Crippen LogP contribution in [0.5, 0.6) is 0 Å². The van der Waals surface area contributed by atoms with Crippen LogP contribution in [0.15, 0.2) is 72.2 Å². The molecule has 0 fully saturated rings. The zero-order valence-electron chi connectivity index (χ0n) is 14.0. The fourth-order valence-electron chi connectivity index (χ4n) is 2.41. The Balaban J connectivity index is 1.66. The molecule has 0 aliphatic carbocycles. The third-order valence-corrected chi connectivity index (χ3v) is 4.55. The van der Waals surface area contributed by atoms with Gasteiger partial charge in [0.2, 0.25) is 6.10 Å². The Morgan fingerprint density at radius 2 is 1.85 bits per heavy atom. The second-order valence-electron chi connectivity index (χ2n) is 5.54. The monoisotopic (exact) mass is 366 g/mol. The van der Waals surface area contributed by atoms with E-state index >= 15 is 0 Å². The van der Waals surface area contributed by atoms with Crippen molar-refractivity contribution in [3.05, 3.63) is 88.4 Å². The van der Waals surface area contributed by atoms with E-state index in [4.69, 9.17) is 4.74 Å². The van der Waals surface area contributed by atoms with Crippen molar-refractivity contribution in [3.63, 3.8) is 0 Å². The highest BCUT2D eigenvalue weighted by Gasteiger charge is 2.26. The maximum Gasteiger partial charge on any atom is 0.349 e. The number of ether oxygens (including phenoxy) is 1. The van der Waals surface area contributed by atoms with Crippen LogP contribution in [-0.4, -0.2) is 23.4 Å². The zero-order chi connectivity index (χ0) is 18.2. The number of hydrogen-bond acceptors (Lipinski definition) is 5. The Morgan fingerprint density at radius 3 is 2.54 bits per heavy atom. The molecule has 0 radical (unpaired) electrons. The highest BCUT2D eigenvalue weighted by Crippen LogP contribution is 2.19. The fraction of sp³-hybridized carbons (Fsp3) is 0.150. The number of thiophene rings is 1. The summed E-state index contributed by atoms with van der Waals surface area (Å²) >= 11 is 1.27. The molecule has 3 rings (SSSR count). The van der Waals surface area contributed by atoms with Gasteiger partial charge in [0.1, 0.15) is 4.88 Å². The van der Waals surface area contributed by atoms with Gasteiger partial charge in [0.05, 0.1) is 5.69 Å². The van der Waals surface area contributed by atoms with Gasteiger partial charge in [-0.25, -0.2) is 4.79 Å². The Bertz CT molecular complexity index is 836. The van der Waals surface area contributed by atoms with E-state index in [1.807, 2.05) is 30.3 Å². The van der Waals surface area contributed by atoms with E-state index in [1.165, 1.54) is 11.3 Å². The molecule has 3 aromatic rings. The van der Waals surface area contributed by atoms with E-state index in [0.717, 1.165) is 5.56 Å². The van der Waals surface area contributed by atoms with Crippen molar-refractivity contribution in [1.82, 2.24) is 10.3 Å². The maximum atomic E-state index is 12.6. The minimum atomic E-state index is -1.08. The Morgan fingerprint density at radius 1 is 1.04 bits per heavy atom. The summed E-state index contributed by atoms with van der Waals surface area (Å²) in [4.78, 5) is 29.5. The summed E-state index contributed by atoms with van der Waals surface area (Å²) in [6.07, 6.45) is 1.18. The van der Waals surface area contributed by atoms with E-state index in [-0.39, 0.29) is 5.91 Å². The van der Waals surface area contributed by atoms with Crippen LogP contribution in [0.4, 0.5) is 0 Å². The summed E-state index contributed by atoms with van der Waals surface area (Å²) in [5.74, 6) is -0.918. The van der Waals surface area contributed by atoms with Gasteiger partial charge in [0, 0.05) is 12.7 Å². The van der Waals surface area contributed by atoms with Crippen LogP contribution in [0.3, 0.4) is 0 Å². The molecule has 2 heterocycles. The van der Waals surface area contributed by atoms with Crippen LogP contribution in [-0.2, 0) is 16.0 Å². The first kappa shape index (κ1) is 17.8. The average molecular weight is 366 g/mol. The lowest BCUT2D eigenvalue weighted by Crippen LogP contribution is -2.33. The number of nitrogens with zero attached hydrogens (tertiary/aromatic N) is 1. The second-order valence-corrected chi connectivity index (χ2v) is 6.49. The van der Waals surface area contributed by atoms with Crippen molar-refractivity contribution in [2.24, 2.45) is 0 Å². The summed E-state index contributed by atoms with van der Waals surface area (Å²) in [7, 11) is 0. The van der Waals surface area contributed by atoms with E-state index in [0.29, 0.717) is 23.5 Å². The molecule has 0 bridgehead atoms. The van der Waals surface area contributed by atoms with Crippen molar-refractivity contribution in [2.75, 3.05) is 6.54 Å². The number of esters is 1. The van der Waals surface area contributed by atoms with Crippen LogP contribution in [0.2, 0.25) is 0 Å². The highest BCUT2D eigenvalue weighted by molar-refractivity contribution is 7.11. The summed E-state index contributed by atoms with van der Waals surface area (Å²) in [6, 6.07) is 18.4. The van der Waals surface area contributed by atoms with Crippen molar-refractivity contribution >= 4 is 23.2 Å². The summed E-state index contributed by atoms with van der Waals surface area (Å²) in [5.41, 5.74) is 1.52. The smallest absolute Gasteiger partial charge is 0.349 e. The number of carbonyl (C=O) groups excluding carboxylic acids is 2. The van der Waals surface area contributed by atoms with Gasteiger partial charge in [0.25, 0.3) is 5.91 Å². The van der Waals surface area contributed by atoms with Crippen LogP contribution in [0, 0.1) is 0 Å². The van der Waals surface area contributed by atoms with E-state index in [1.54, 1.807) is 41.9 Å². The Kier molecular flexibility index (Phi) is 6.11. The molecule has 1 atom stereocenters. The average Bonchev–Trinajstić information content (AvgIpc) is 3.22. The zero-order valence-corrected chi connectivity index (χ0v) is 14.8. The summed E-state index contributed by atoms with van der Waals surface area (Å²) in [5, 5.41) is 4.61. The molecule has 0 spiro atoms. The van der Waals surface area contributed by atoms with Crippen LogP contribution >= 0.6 is 11.3 Å². The largest absolute Gasteiger partial charge is 0.441 e. The molecule has 0 saturated carbocycles. The molecule has 1 N–H and O–H groups in total. The number of amides is 1. The number of nitrogens with one attached hydrogen (secondary N) is 1. The van der Waals surface area contributed by atoms with Gasteiger partial charge < -0.3 is 10.1 Å². The molecule has 6 heteroatoms. The van der Waals surface area contributed by atoms with E-state index < -0.39 is 12.1 Å². The lowest BCUT2D eigenvalue weighted by molar-refractivity contribution is -0.130. The summed E-state index contributed by atoms with van der Waals surface area (Å²) in [6.45, 7) is 0.447. The summed E-state index contributed by atoms with van der Waals surface area (Å²) < 4.78 is 5.44. The predicted octanol–water partition coefficient (Wildman–Crippen LogP) is 3.40. The maximum absolute atomic E-state index is 12.6. The lowest BCUT2D eigenvalue weighted by atomic mass is 10.1. The molecule has 2 aromatic heterocycles. The predicted molar refractivity (Wildman–Crippen MR) is 99.9 cm³/mol. The first-order valence-corrected chi connectivity index (χ1v) is 9.09. The Labute approximate surface area is 155 Å². The minimum Gasteiger partial charge on any atom is -0.441 e. The van der Waals surface area contributed by atoms with Crippen molar-refractivity contribution in [1.29, 1.82) is 0 Å². The number of rotatable bonds is 7. The molecule has 0 aliphatic heterocycles. The molecule has 5 nitrogen and oxygen atoms in total. The molecule has 1 aromatic carbocycles. The van der Waals surface area contributed by atoms with Crippen molar-refractivity contribution in [3.8, 4) is 0 Å². The van der Waals surface area contributed by atoms with Gasteiger partial charge >= 0.3 is 5.97 Å². The van der Waals surface area contributed by atoms with Gasteiger partial charge in [-0.2, -0.15) is 0 Å². The molecule has 26 heavy (non-hydrogen) atoms. The highest BCUT2D eigenvalue weighted by atomic mass is 32.1. The normalized spacial score (nSPS) is 11.5. The lowest BCUT2D eigenvalue weighted by Gasteiger charge is -2.17. The van der Waals surface area contributed by atoms with Crippen LogP contribution in [0.25, 0.3) is 0 Å². The minimum absolute atomic E-state index is 0.385. The quantitative estimate of drug-likeness (QED) is 0.651. The van der Waals surface area contributed by atoms with Gasteiger partial charge in [-0.3, -0.25) is 9.78 Å². The molecule has 0 aliphatic rings. The van der Waals surface area contributed by atoms with E-state index in [2.05, 4.69) is 10.3 Å². The fourth-order valence-corrected chi connectivity index (χ4v) is 3.01. The number of pyridine rings is 1. The molecular weight excluding hydrogens is 348 g/mol. The Hall–Kier alpha value is -2.99. The van der Waals surface area contributed by atoms with Gasteiger partial charge in [-0.1, -0.05) is 42.5 Å². The molecule has 132 valence electrons. The van der Waals surface area contributed by atoms with E-state index in [9.17, 15) is 9.59 Å². The third-order valence-electron chi connectivity index (χ3n) is 3.70. The van der Waals surface area contributed by atoms with Crippen molar-refractivity contribution < 1.29 is 14.3 Å². The molecule has 1 amide bonds. The van der Waals surface area contributed by atoms with Gasteiger partial charge in [0.15, 0.2) is 0 Å². The second kappa shape index (κ2) is 8.92. The first-order chi connectivity index (χ1) is 12.7. The topological polar surface area (TPSA) is 68.3 Å². The standard InChI is InChI=1S/C20H18N2O3S/c23-19(22-13-11-15-7-2-1-3-8-15)18(16-9-4-5-12-21-16)25-20(24)17-10-6-14-26-17/h1-10,12,14,18H,11,13H2,(H,22,23)/t18-/m1/s1. The van der Waals surface area contributed by atoms with Gasteiger partial charge in [-0.05, 0) is 35.6 Å². The molecule has 0 saturated heterocycles. The number of benzene rings is 1. The SMILES string of the molecule is O=C(O[C@@H](C(=O)NCCc1ccccc1)c1ccccn1)c1cccs1. The molecule has 0 unspecified atom stereocenters.